The van der Waals surface area contributed by atoms with Crippen molar-refractivity contribution in [3.63, 3.8) is 0 Å². The molecule has 0 aromatic heterocycles. The number of rotatable bonds is 7. The predicted octanol–water partition coefficient (Wildman–Crippen LogP) is 6.17. The Kier molecular flexibility index (Phi) is 5.48. The minimum atomic E-state index is -1.02. The molecule has 0 heterocycles. The highest BCUT2D eigenvalue weighted by Crippen LogP contribution is 2.39. The monoisotopic (exact) mass is 412 g/mol. The van der Waals surface area contributed by atoms with E-state index in [0.717, 1.165) is 18.6 Å². The summed E-state index contributed by atoms with van der Waals surface area (Å²) < 4.78 is 52.0. The molecule has 0 radical (unpaired) electrons. The van der Waals surface area contributed by atoms with Crippen LogP contribution < -0.4 is 9.47 Å². The number of ether oxygens (including phenoxy) is 2. The van der Waals surface area contributed by atoms with E-state index in [1.165, 1.54) is 24.3 Å². The number of halogens is 3. The highest BCUT2D eigenvalue weighted by Gasteiger charge is 2.41. The SMILES string of the molecule is CC(=O)C1CC1COc1ccc(-c2cc(Oc3ccc(F)c(F)c3)ccc2F)cc1. The van der Waals surface area contributed by atoms with Gasteiger partial charge in [-0.3, -0.25) is 4.79 Å². The van der Waals surface area contributed by atoms with Crippen molar-refractivity contribution in [2.45, 2.75) is 13.3 Å². The molecule has 30 heavy (non-hydrogen) atoms. The van der Waals surface area contributed by atoms with Gasteiger partial charge in [-0.2, -0.15) is 0 Å². The summed E-state index contributed by atoms with van der Waals surface area (Å²) in [7, 11) is 0. The molecule has 0 aliphatic heterocycles. The third kappa shape index (κ3) is 4.48. The Morgan fingerprint density at radius 1 is 0.867 bits per heavy atom. The Morgan fingerprint density at radius 3 is 2.13 bits per heavy atom. The second-order valence-electron chi connectivity index (χ2n) is 7.37. The van der Waals surface area contributed by atoms with E-state index >= 15 is 0 Å². The molecule has 0 spiro atoms. The van der Waals surface area contributed by atoms with Crippen LogP contribution in [0.1, 0.15) is 13.3 Å². The lowest BCUT2D eigenvalue weighted by molar-refractivity contribution is -0.118. The van der Waals surface area contributed by atoms with Gasteiger partial charge in [0.1, 0.15) is 28.8 Å². The standard InChI is InChI=1S/C24H19F3O3/c1-14(28)20-10-16(20)13-29-17-4-2-15(3-5-17)21-11-18(6-8-22(21)25)30-19-7-9-23(26)24(27)12-19/h2-9,11-12,16,20H,10,13H2,1H3. The maximum Gasteiger partial charge on any atom is 0.162 e. The minimum Gasteiger partial charge on any atom is -0.493 e. The van der Waals surface area contributed by atoms with Crippen LogP contribution >= 0.6 is 0 Å². The van der Waals surface area contributed by atoms with Crippen molar-refractivity contribution in [3.05, 3.63) is 78.1 Å². The topological polar surface area (TPSA) is 35.5 Å². The molecule has 0 amide bonds. The van der Waals surface area contributed by atoms with Gasteiger partial charge in [-0.1, -0.05) is 12.1 Å². The summed E-state index contributed by atoms with van der Waals surface area (Å²) in [6, 6.07) is 14.3. The summed E-state index contributed by atoms with van der Waals surface area (Å²) in [6.07, 6.45) is 0.864. The zero-order chi connectivity index (χ0) is 21.3. The van der Waals surface area contributed by atoms with E-state index in [1.54, 1.807) is 31.2 Å². The van der Waals surface area contributed by atoms with Crippen molar-refractivity contribution in [3.8, 4) is 28.4 Å². The van der Waals surface area contributed by atoms with Gasteiger partial charge in [-0.15, -0.1) is 0 Å². The van der Waals surface area contributed by atoms with Crippen molar-refractivity contribution in [2.24, 2.45) is 11.8 Å². The fraction of sp³-hybridized carbons (Fsp3) is 0.208. The third-order valence-electron chi connectivity index (χ3n) is 5.14. The highest BCUT2D eigenvalue weighted by atomic mass is 19.2. The molecule has 4 rings (SSSR count). The Balaban J connectivity index is 1.46. The molecule has 3 aromatic rings. The van der Waals surface area contributed by atoms with Crippen LogP contribution in [0.25, 0.3) is 11.1 Å². The quantitative estimate of drug-likeness (QED) is 0.466. The van der Waals surface area contributed by atoms with E-state index in [0.29, 0.717) is 29.2 Å². The summed E-state index contributed by atoms with van der Waals surface area (Å²) >= 11 is 0. The molecular weight excluding hydrogens is 393 g/mol. The molecule has 2 unspecified atom stereocenters. The lowest BCUT2D eigenvalue weighted by Gasteiger charge is -2.10. The van der Waals surface area contributed by atoms with Crippen LogP contribution in [0.2, 0.25) is 0 Å². The summed E-state index contributed by atoms with van der Waals surface area (Å²) in [5, 5.41) is 0. The zero-order valence-corrected chi connectivity index (χ0v) is 16.2. The van der Waals surface area contributed by atoms with E-state index in [4.69, 9.17) is 9.47 Å². The van der Waals surface area contributed by atoms with Gasteiger partial charge in [0.15, 0.2) is 11.6 Å². The Hall–Kier alpha value is -3.28. The van der Waals surface area contributed by atoms with Crippen molar-refractivity contribution in [2.75, 3.05) is 6.61 Å². The Labute approximate surface area is 172 Å². The van der Waals surface area contributed by atoms with Gasteiger partial charge in [-0.25, -0.2) is 13.2 Å². The lowest BCUT2D eigenvalue weighted by atomic mass is 10.0. The molecule has 154 valence electrons. The van der Waals surface area contributed by atoms with Crippen LogP contribution in [0, 0.1) is 29.3 Å². The number of hydrogen-bond donors (Lipinski definition) is 0. The zero-order valence-electron chi connectivity index (χ0n) is 16.2. The van der Waals surface area contributed by atoms with Crippen molar-refractivity contribution in [1.29, 1.82) is 0 Å². The van der Waals surface area contributed by atoms with Gasteiger partial charge in [0.2, 0.25) is 0 Å². The second-order valence-corrected chi connectivity index (χ2v) is 7.37. The van der Waals surface area contributed by atoms with Crippen molar-refractivity contribution < 1.29 is 27.4 Å². The molecule has 3 aromatic carbocycles. The fourth-order valence-corrected chi connectivity index (χ4v) is 3.33. The van der Waals surface area contributed by atoms with Crippen LogP contribution in [-0.4, -0.2) is 12.4 Å². The number of carbonyl (C=O) groups is 1. The maximum absolute atomic E-state index is 14.4. The van der Waals surface area contributed by atoms with Crippen LogP contribution in [0.3, 0.4) is 0 Å². The molecule has 2 atom stereocenters. The van der Waals surface area contributed by atoms with Gasteiger partial charge in [-0.05, 0) is 61.4 Å². The first-order valence-electron chi connectivity index (χ1n) is 9.57. The highest BCUT2D eigenvalue weighted by molar-refractivity contribution is 5.81. The first kappa shape index (κ1) is 20.0. The molecule has 1 aliphatic carbocycles. The molecule has 6 heteroatoms. The first-order chi connectivity index (χ1) is 14.4. The number of hydrogen-bond acceptors (Lipinski definition) is 3. The van der Waals surface area contributed by atoms with Gasteiger partial charge >= 0.3 is 0 Å². The summed E-state index contributed by atoms with van der Waals surface area (Å²) in [4.78, 5) is 11.3. The van der Waals surface area contributed by atoms with Gasteiger partial charge in [0, 0.05) is 23.5 Å². The molecule has 3 nitrogen and oxygen atoms in total. The van der Waals surface area contributed by atoms with Crippen molar-refractivity contribution >= 4 is 5.78 Å². The summed E-state index contributed by atoms with van der Waals surface area (Å²) in [5.74, 6) is -0.818. The van der Waals surface area contributed by atoms with E-state index in [1.807, 2.05) is 0 Å². The summed E-state index contributed by atoms with van der Waals surface area (Å²) in [5.41, 5.74) is 0.920. The summed E-state index contributed by atoms with van der Waals surface area (Å²) in [6.45, 7) is 2.08. The Bertz CT molecular complexity index is 1080. The van der Waals surface area contributed by atoms with E-state index in [-0.39, 0.29) is 23.4 Å². The lowest BCUT2D eigenvalue weighted by Crippen LogP contribution is -2.04. The van der Waals surface area contributed by atoms with Crippen LogP contribution in [-0.2, 0) is 4.79 Å². The molecule has 0 bridgehead atoms. The van der Waals surface area contributed by atoms with Gasteiger partial charge in [0.25, 0.3) is 0 Å². The van der Waals surface area contributed by atoms with Crippen molar-refractivity contribution in [1.82, 2.24) is 0 Å². The van der Waals surface area contributed by atoms with E-state index in [9.17, 15) is 18.0 Å². The second kappa shape index (κ2) is 8.22. The normalized spacial score (nSPS) is 17.5. The molecule has 1 fully saturated rings. The average molecular weight is 412 g/mol. The van der Waals surface area contributed by atoms with Crippen LogP contribution in [0.15, 0.2) is 60.7 Å². The third-order valence-corrected chi connectivity index (χ3v) is 5.14. The number of carbonyl (C=O) groups excluding carboxylic acids is 1. The maximum atomic E-state index is 14.4. The number of Topliss-reactive ketones (excluding diaryl/α,β-unsaturated/α-hetero) is 1. The Morgan fingerprint density at radius 2 is 1.50 bits per heavy atom. The minimum absolute atomic E-state index is 0.107. The number of benzene rings is 3. The van der Waals surface area contributed by atoms with E-state index < -0.39 is 17.5 Å². The predicted molar refractivity (Wildman–Crippen MR) is 106 cm³/mol. The smallest absolute Gasteiger partial charge is 0.162 e. The molecule has 1 aliphatic rings. The average Bonchev–Trinajstić information content (AvgIpc) is 3.51. The number of ketones is 1. The molecule has 0 saturated heterocycles. The first-order valence-corrected chi connectivity index (χ1v) is 9.57. The molecule has 1 saturated carbocycles. The van der Waals surface area contributed by atoms with Gasteiger partial charge in [0.05, 0.1) is 6.61 Å². The largest absolute Gasteiger partial charge is 0.493 e. The molecular formula is C24H19F3O3. The fourth-order valence-electron chi connectivity index (χ4n) is 3.33. The van der Waals surface area contributed by atoms with Gasteiger partial charge < -0.3 is 9.47 Å². The van der Waals surface area contributed by atoms with Crippen LogP contribution in [0.4, 0.5) is 13.2 Å². The van der Waals surface area contributed by atoms with E-state index in [2.05, 4.69) is 0 Å². The molecule has 0 N–H and O–H groups in total. The van der Waals surface area contributed by atoms with Crippen LogP contribution in [0.5, 0.6) is 17.2 Å².